The Hall–Kier alpha value is -2.83. The molecule has 0 fully saturated rings. The summed E-state index contributed by atoms with van der Waals surface area (Å²) in [5.74, 6) is -1.12. The first kappa shape index (κ1) is 15.6. The molecule has 0 spiro atoms. The second-order valence-corrected chi connectivity index (χ2v) is 5.09. The van der Waals surface area contributed by atoms with Gasteiger partial charge in [0.05, 0.1) is 22.6 Å². The summed E-state index contributed by atoms with van der Waals surface area (Å²) in [5.41, 5.74) is 7.21. The third-order valence-corrected chi connectivity index (χ3v) is 3.14. The summed E-state index contributed by atoms with van der Waals surface area (Å²) in [6.45, 7) is 5.71. The molecular formula is C15H17N5O2. The smallest absolute Gasteiger partial charge is 0.275 e. The molecule has 0 radical (unpaired) electrons. The average Bonchev–Trinajstić information content (AvgIpc) is 2.48. The zero-order chi connectivity index (χ0) is 16.3. The molecule has 2 aromatic rings. The molecule has 0 aromatic carbocycles. The number of carbonyl (C=O) groups is 2. The Bertz CT molecular complexity index is 728. The van der Waals surface area contributed by atoms with Crippen LogP contribution in [0.1, 0.15) is 52.0 Å². The molecule has 114 valence electrons. The second-order valence-electron chi connectivity index (χ2n) is 5.09. The highest BCUT2D eigenvalue weighted by Crippen LogP contribution is 2.24. The summed E-state index contributed by atoms with van der Waals surface area (Å²) in [7, 11) is 0. The van der Waals surface area contributed by atoms with Crippen LogP contribution in [0.4, 0.5) is 5.69 Å². The van der Waals surface area contributed by atoms with Gasteiger partial charge < -0.3 is 11.1 Å². The Balaban J connectivity index is 2.41. The summed E-state index contributed by atoms with van der Waals surface area (Å²) >= 11 is 0. The number of nitrogens with one attached hydrogen (secondary N) is 1. The van der Waals surface area contributed by atoms with Crippen LogP contribution in [0.2, 0.25) is 0 Å². The minimum absolute atomic E-state index is 0.0204. The van der Waals surface area contributed by atoms with E-state index in [0.29, 0.717) is 11.4 Å². The van der Waals surface area contributed by atoms with Gasteiger partial charge in [-0.2, -0.15) is 0 Å². The number of pyridine rings is 1. The number of aromatic nitrogens is 3. The van der Waals surface area contributed by atoms with Gasteiger partial charge in [-0.25, -0.2) is 9.97 Å². The Morgan fingerprint density at radius 1 is 1.23 bits per heavy atom. The number of hydrogen-bond donors (Lipinski definition) is 2. The Morgan fingerprint density at radius 2 is 1.95 bits per heavy atom. The number of anilines is 1. The fourth-order valence-electron chi connectivity index (χ4n) is 2.04. The molecule has 0 aliphatic heterocycles. The minimum Gasteiger partial charge on any atom is -0.366 e. The van der Waals surface area contributed by atoms with Crippen molar-refractivity contribution in [1.29, 1.82) is 0 Å². The molecule has 0 saturated carbocycles. The number of nitrogens with two attached hydrogens (primary N) is 1. The van der Waals surface area contributed by atoms with Gasteiger partial charge in [0.1, 0.15) is 12.0 Å². The molecule has 2 rings (SSSR count). The van der Waals surface area contributed by atoms with Crippen LogP contribution in [0.5, 0.6) is 0 Å². The predicted molar refractivity (Wildman–Crippen MR) is 81.6 cm³/mol. The number of carbonyl (C=O) groups excluding carboxylic acids is 2. The quantitative estimate of drug-likeness (QED) is 0.891. The van der Waals surface area contributed by atoms with E-state index < -0.39 is 11.8 Å². The Kier molecular flexibility index (Phi) is 4.45. The number of nitrogens with zero attached hydrogens (tertiary/aromatic N) is 3. The predicted octanol–water partition coefficient (Wildman–Crippen LogP) is 1.65. The van der Waals surface area contributed by atoms with Crippen molar-refractivity contribution >= 4 is 17.5 Å². The lowest BCUT2D eigenvalue weighted by Gasteiger charge is -2.14. The van der Waals surface area contributed by atoms with Crippen LogP contribution in [-0.4, -0.2) is 26.8 Å². The van der Waals surface area contributed by atoms with Crippen molar-refractivity contribution in [2.24, 2.45) is 5.73 Å². The van der Waals surface area contributed by atoms with E-state index in [1.54, 1.807) is 13.0 Å². The van der Waals surface area contributed by atoms with Crippen LogP contribution in [0.3, 0.4) is 0 Å². The van der Waals surface area contributed by atoms with E-state index in [-0.39, 0.29) is 17.2 Å². The first-order valence-electron chi connectivity index (χ1n) is 6.79. The van der Waals surface area contributed by atoms with Gasteiger partial charge in [-0.15, -0.1) is 0 Å². The van der Waals surface area contributed by atoms with Crippen molar-refractivity contribution < 1.29 is 9.59 Å². The summed E-state index contributed by atoms with van der Waals surface area (Å²) in [6, 6.07) is 3.01. The third kappa shape index (κ3) is 3.08. The van der Waals surface area contributed by atoms with Crippen LogP contribution in [-0.2, 0) is 0 Å². The molecule has 0 aliphatic rings. The summed E-state index contributed by atoms with van der Waals surface area (Å²) < 4.78 is 0. The highest BCUT2D eigenvalue weighted by molar-refractivity contribution is 6.10. The highest BCUT2D eigenvalue weighted by atomic mass is 16.2. The topological polar surface area (TPSA) is 111 Å². The van der Waals surface area contributed by atoms with Gasteiger partial charge in [-0.05, 0) is 25.0 Å². The number of aryl methyl sites for hydroxylation is 1. The number of hydrogen-bond acceptors (Lipinski definition) is 5. The zero-order valence-electron chi connectivity index (χ0n) is 12.6. The van der Waals surface area contributed by atoms with Crippen molar-refractivity contribution in [2.45, 2.75) is 26.7 Å². The maximum Gasteiger partial charge on any atom is 0.275 e. The first-order valence-corrected chi connectivity index (χ1v) is 6.79. The number of rotatable bonds is 4. The molecule has 3 N–H and O–H groups in total. The van der Waals surface area contributed by atoms with Crippen molar-refractivity contribution in [3.8, 4) is 0 Å². The largest absolute Gasteiger partial charge is 0.366 e. The first-order chi connectivity index (χ1) is 10.4. The van der Waals surface area contributed by atoms with Crippen LogP contribution in [0.25, 0.3) is 0 Å². The fourth-order valence-corrected chi connectivity index (χ4v) is 2.04. The molecule has 2 aromatic heterocycles. The lowest BCUT2D eigenvalue weighted by molar-refractivity contribution is 0.0974. The zero-order valence-corrected chi connectivity index (χ0v) is 12.6. The van der Waals surface area contributed by atoms with E-state index in [2.05, 4.69) is 20.3 Å². The minimum atomic E-state index is -0.705. The second kappa shape index (κ2) is 6.30. The van der Waals surface area contributed by atoms with Crippen molar-refractivity contribution in [3.63, 3.8) is 0 Å². The maximum atomic E-state index is 12.4. The molecule has 7 heteroatoms. The molecule has 2 amide bonds. The van der Waals surface area contributed by atoms with Gasteiger partial charge >= 0.3 is 0 Å². The lowest BCUT2D eigenvalue weighted by atomic mass is 10.1. The third-order valence-electron chi connectivity index (χ3n) is 3.14. The van der Waals surface area contributed by atoms with Gasteiger partial charge in [-0.1, -0.05) is 13.8 Å². The van der Waals surface area contributed by atoms with E-state index in [4.69, 9.17) is 5.73 Å². The van der Waals surface area contributed by atoms with Crippen molar-refractivity contribution in [3.05, 3.63) is 47.3 Å². The van der Waals surface area contributed by atoms with Crippen molar-refractivity contribution in [1.82, 2.24) is 15.0 Å². The fraction of sp³-hybridized carbons (Fsp3) is 0.267. The molecule has 0 unspecified atom stereocenters. The Morgan fingerprint density at radius 3 is 2.59 bits per heavy atom. The molecule has 0 aliphatic carbocycles. The van der Waals surface area contributed by atoms with E-state index in [1.165, 1.54) is 18.6 Å². The van der Waals surface area contributed by atoms with Gasteiger partial charge in [-0.3, -0.25) is 14.6 Å². The monoisotopic (exact) mass is 299 g/mol. The number of primary amides is 1. The molecule has 0 saturated heterocycles. The van der Waals surface area contributed by atoms with Gasteiger partial charge in [0, 0.05) is 6.20 Å². The molecule has 0 atom stereocenters. The molecular weight excluding hydrogens is 282 g/mol. The Labute approximate surface area is 128 Å². The van der Waals surface area contributed by atoms with Gasteiger partial charge in [0.25, 0.3) is 11.8 Å². The van der Waals surface area contributed by atoms with Crippen LogP contribution in [0.15, 0.2) is 24.7 Å². The normalized spacial score (nSPS) is 10.5. The summed E-state index contributed by atoms with van der Waals surface area (Å²) in [5, 5.41) is 2.74. The summed E-state index contributed by atoms with van der Waals surface area (Å²) in [4.78, 5) is 36.1. The molecule has 22 heavy (non-hydrogen) atoms. The van der Waals surface area contributed by atoms with E-state index in [0.717, 1.165) is 5.69 Å². The van der Waals surface area contributed by atoms with Gasteiger partial charge in [0.2, 0.25) is 0 Å². The van der Waals surface area contributed by atoms with Crippen molar-refractivity contribution in [2.75, 3.05) is 5.32 Å². The number of amides is 2. The van der Waals surface area contributed by atoms with Crippen LogP contribution >= 0.6 is 0 Å². The summed E-state index contributed by atoms with van der Waals surface area (Å²) in [6.07, 6.45) is 2.88. The van der Waals surface area contributed by atoms with E-state index in [1.807, 2.05) is 13.8 Å². The van der Waals surface area contributed by atoms with E-state index >= 15 is 0 Å². The van der Waals surface area contributed by atoms with Crippen LogP contribution < -0.4 is 11.1 Å². The maximum absolute atomic E-state index is 12.4. The standard InChI is InChI=1S/C15H17N5O2/c1-8(2)11-12(9(3)18-7-19-11)20-15(22)13-10(14(16)21)5-4-6-17-13/h4-8H,1-3H3,(H2,16,21)(H,20,22). The highest BCUT2D eigenvalue weighted by Gasteiger charge is 2.20. The lowest BCUT2D eigenvalue weighted by Crippen LogP contribution is -2.23. The average molecular weight is 299 g/mol. The SMILES string of the molecule is Cc1ncnc(C(C)C)c1NC(=O)c1ncccc1C(N)=O. The molecule has 2 heterocycles. The van der Waals surface area contributed by atoms with Crippen LogP contribution in [0, 0.1) is 6.92 Å². The molecule has 7 nitrogen and oxygen atoms in total. The molecule has 0 bridgehead atoms. The van der Waals surface area contributed by atoms with Gasteiger partial charge in [0.15, 0.2) is 0 Å². The van der Waals surface area contributed by atoms with E-state index in [9.17, 15) is 9.59 Å².